The molecular formula is C13H12FIN2O. The summed E-state index contributed by atoms with van der Waals surface area (Å²) in [5.74, 6) is 0.394. The van der Waals surface area contributed by atoms with E-state index in [0.29, 0.717) is 15.9 Å². The molecule has 0 aliphatic heterocycles. The van der Waals surface area contributed by atoms with Crippen LogP contribution < -0.4 is 5.56 Å². The highest BCUT2D eigenvalue weighted by Crippen LogP contribution is 2.12. The summed E-state index contributed by atoms with van der Waals surface area (Å²) in [4.78, 5) is 16.2. The van der Waals surface area contributed by atoms with Crippen LogP contribution in [-0.2, 0) is 6.54 Å². The summed E-state index contributed by atoms with van der Waals surface area (Å²) in [6, 6.07) is 4.58. The molecule has 3 nitrogen and oxygen atoms in total. The van der Waals surface area contributed by atoms with Gasteiger partial charge in [0, 0.05) is 6.20 Å². The Bertz CT molecular complexity index is 652. The van der Waals surface area contributed by atoms with E-state index in [2.05, 4.69) is 4.98 Å². The van der Waals surface area contributed by atoms with Gasteiger partial charge >= 0.3 is 0 Å². The van der Waals surface area contributed by atoms with Crippen LogP contribution in [0.25, 0.3) is 0 Å². The number of nitrogens with zero attached hydrogens (tertiary/aromatic N) is 2. The topological polar surface area (TPSA) is 34.9 Å². The summed E-state index contributed by atoms with van der Waals surface area (Å²) in [5, 5.41) is 0. The summed E-state index contributed by atoms with van der Waals surface area (Å²) in [6.07, 6.45) is 1.56. The molecule has 0 atom stereocenters. The number of rotatable bonds is 2. The SMILES string of the molecule is Cc1cc(F)ccc1Cn1c(C)ncc(I)c1=O. The Hall–Kier alpha value is -1.24. The van der Waals surface area contributed by atoms with Crippen molar-refractivity contribution in [2.24, 2.45) is 0 Å². The molecule has 0 spiro atoms. The fraction of sp³-hybridized carbons (Fsp3) is 0.231. The summed E-state index contributed by atoms with van der Waals surface area (Å²) in [5.41, 5.74) is 1.69. The Morgan fingerprint density at radius 2 is 2.11 bits per heavy atom. The highest BCUT2D eigenvalue weighted by molar-refractivity contribution is 14.1. The molecule has 1 aromatic carbocycles. The highest BCUT2D eigenvalue weighted by atomic mass is 127. The van der Waals surface area contributed by atoms with E-state index in [1.54, 1.807) is 23.8 Å². The van der Waals surface area contributed by atoms with Crippen molar-refractivity contribution in [3.63, 3.8) is 0 Å². The lowest BCUT2D eigenvalue weighted by Crippen LogP contribution is -2.26. The highest BCUT2D eigenvalue weighted by Gasteiger charge is 2.08. The van der Waals surface area contributed by atoms with E-state index in [4.69, 9.17) is 0 Å². The predicted molar refractivity (Wildman–Crippen MR) is 76.2 cm³/mol. The first-order chi connectivity index (χ1) is 8.49. The van der Waals surface area contributed by atoms with Crippen LogP contribution in [-0.4, -0.2) is 9.55 Å². The number of hydrogen-bond acceptors (Lipinski definition) is 2. The van der Waals surface area contributed by atoms with Crippen LogP contribution in [0.5, 0.6) is 0 Å². The molecule has 0 aliphatic rings. The molecule has 0 saturated heterocycles. The molecule has 0 saturated carbocycles. The van der Waals surface area contributed by atoms with Crippen molar-refractivity contribution >= 4 is 22.6 Å². The second kappa shape index (κ2) is 5.17. The summed E-state index contributed by atoms with van der Waals surface area (Å²) in [6.45, 7) is 4.04. The predicted octanol–water partition coefficient (Wildman–Crippen LogP) is 2.65. The van der Waals surface area contributed by atoms with Crippen LogP contribution in [0.4, 0.5) is 4.39 Å². The maximum absolute atomic E-state index is 13.0. The molecule has 0 amide bonds. The largest absolute Gasteiger partial charge is 0.291 e. The van der Waals surface area contributed by atoms with Gasteiger partial charge < -0.3 is 0 Å². The molecule has 2 rings (SSSR count). The van der Waals surface area contributed by atoms with Crippen LogP contribution in [0.3, 0.4) is 0 Å². The first-order valence-electron chi connectivity index (χ1n) is 5.46. The maximum atomic E-state index is 13.0. The van der Waals surface area contributed by atoms with E-state index in [1.165, 1.54) is 12.1 Å². The van der Waals surface area contributed by atoms with Gasteiger partial charge in [0.15, 0.2) is 0 Å². The molecule has 0 radical (unpaired) electrons. The van der Waals surface area contributed by atoms with Crippen molar-refractivity contribution in [2.75, 3.05) is 0 Å². The summed E-state index contributed by atoms with van der Waals surface area (Å²) in [7, 11) is 0. The van der Waals surface area contributed by atoms with E-state index >= 15 is 0 Å². The standard InChI is InChI=1S/C13H12FIN2O/c1-8-5-11(14)4-3-10(8)7-17-9(2)16-6-12(15)13(17)18/h3-6H,7H2,1-2H3. The van der Waals surface area contributed by atoms with E-state index in [1.807, 2.05) is 29.5 Å². The smallest absolute Gasteiger partial charge is 0.267 e. The molecule has 0 bridgehead atoms. The molecule has 5 heteroatoms. The van der Waals surface area contributed by atoms with Gasteiger partial charge in [0.25, 0.3) is 5.56 Å². The lowest BCUT2D eigenvalue weighted by atomic mass is 10.1. The van der Waals surface area contributed by atoms with Gasteiger partial charge in [0.2, 0.25) is 0 Å². The van der Waals surface area contributed by atoms with Crippen LogP contribution in [0.1, 0.15) is 17.0 Å². The van der Waals surface area contributed by atoms with Crippen molar-refractivity contribution in [3.05, 3.63) is 61.1 Å². The second-order valence-corrected chi connectivity index (χ2v) is 5.28. The number of benzene rings is 1. The number of halogens is 2. The fourth-order valence-corrected chi connectivity index (χ4v) is 2.17. The van der Waals surface area contributed by atoms with E-state index < -0.39 is 0 Å². The Balaban J connectivity index is 2.46. The maximum Gasteiger partial charge on any atom is 0.267 e. The Morgan fingerprint density at radius 1 is 1.39 bits per heavy atom. The minimum absolute atomic E-state index is 0.0631. The average Bonchev–Trinajstić information content (AvgIpc) is 2.32. The normalized spacial score (nSPS) is 10.7. The molecule has 2 aromatic rings. The van der Waals surface area contributed by atoms with Gasteiger partial charge in [-0.1, -0.05) is 6.07 Å². The fourth-order valence-electron chi connectivity index (χ4n) is 1.74. The lowest BCUT2D eigenvalue weighted by molar-refractivity contribution is 0.623. The minimum Gasteiger partial charge on any atom is -0.291 e. The lowest BCUT2D eigenvalue weighted by Gasteiger charge is -2.11. The average molecular weight is 358 g/mol. The van der Waals surface area contributed by atoms with Crippen LogP contribution in [0.15, 0.2) is 29.2 Å². The van der Waals surface area contributed by atoms with Crippen LogP contribution in [0, 0.1) is 23.2 Å². The number of aromatic nitrogens is 2. The van der Waals surface area contributed by atoms with Crippen LogP contribution >= 0.6 is 22.6 Å². The third-order valence-corrected chi connectivity index (χ3v) is 3.58. The molecule has 0 fully saturated rings. The van der Waals surface area contributed by atoms with Gasteiger partial charge in [-0.2, -0.15) is 0 Å². The minimum atomic E-state index is -0.263. The zero-order valence-electron chi connectivity index (χ0n) is 10.1. The van der Waals surface area contributed by atoms with Gasteiger partial charge in [-0.05, 0) is 59.7 Å². The Labute approximate surface area is 118 Å². The summed E-state index contributed by atoms with van der Waals surface area (Å²) >= 11 is 1.97. The molecule has 1 aromatic heterocycles. The van der Waals surface area contributed by atoms with Crippen molar-refractivity contribution < 1.29 is 4.39 Å². The number of hydrogen-bond donors (Lipinski definition) is 0. The van der Waals surface area contributed by atoms with E-state index in [9.17, 15) is 9.18 Å². The Morgan fingerprint density at radius 3 is 2.78 bits per heavy atom. The first-order valence-corrected chi connectivity index (χ1v) is 6.54. The number of aryl methyl sites for hydroxylation is 2. The quantitative estimate of drug-likeness (QED) is 0.774. The molecule has 0 unspecified atom stereocenters. The first kappa shape index (κ1) is 13.2. The van der Waals surface area contributed by atoms with Gasteiger partial charge in [-0.25, -0.2) is 9.37 Å². The molecule has 0 N–H and O–H groups in total. The zero-order chi connectivity index (χ0) is 13.3. The molecule has 94 valence electrons. The van der Waals surface area contributed by atoms with Crippen molar-refractivity contribution in [1.29, 1.82) is 0 Å². The van der Waals surface area contributed by atoms with Crippen LogP contribution in [0.2, 0.25) is 0 Å². The monoisotopic (exact) mass is 358 g/mol. The van der Waals surface area contributed by atoms with E-state index in [-0.39, 0.29) is 11.4 Å². The van der Waals surface area contributed by atoms with Crippen molar-refractivity contribution in [3.8, 4) is 0 Å². The molecule has 1 heterocycles. The molecule has 18 heavy (non-hydrogen) atoms. The molecule has 0 aliphatic carbocycles. The molecular weight excluding hydrogens is 346 g/mol. The summed E-state index contributed by atoms with van der Waals surface area (Å²) < 4.78 is 15.2. The van der Waals surface area contributed by atoms with Gasteiger partial charge in [-0.3, -0.25) is 9.36 Å². The second-order valence-electron chi connectivity index (χ2n) is 4.12. The third-order valence-electron chi connectivity index (χ3n) is 2.84. The van der Waals surface area contributed by atoms with Crippen molar-refractivity contribution in [2.45, 2.75) is 20.4 Å². The van der Waals surface area contributed by atoms with Gasteiger partial charge in [0.05, 0.1) is 10.1 Å². The van der Waals surface area contributed by atoms with Gasteiger partial charge in [-0.15, -0.1) is 0 Å². The third kappa shape index (κ3) is 2.60. The van der Waals surface area contributed by atoms with Crippen molar-refractivity contribution in [1.82, 2.24) is 9.55 Å². The zero-order valence-corrected chi connectivity index (χ0v) is 12.2. The van der Waals surface area contributed by atoms with E-state index in [0.717, 1.165) is 11.1 Å². The van der Waals surface area contributed by atoms with Gasteiger partial charge in [0.1, 0.15) is 11.6 Å². The Kier molecular flexibility index (Phi) is 3.79.